The van der Waals surface area contributed by atoms with Gasteiger partial charge in [0.2, 0.25) is 10.0 Å². The number of aryl methyl sites for hydroxylation is 1. The van der Waals surface area contributed by atoms with Gasteiger partial charge in [0.1, 0.15) is 0 Å². The van der Waals surface area contributed by atoms with Gasteiger partial charge in [0.25, 0.3) is 0 Å². The van der Waals surface area contributed by atoms with Gasteiger partial charge in [-0.25, -0.2) is 18.0 Å². The largest absolute Gasteiger partial charge is 0.462 e. The third kappa shape index (κ3) is 4.47. The second kappa shape index (κ2) is 9.27. The van der Waals surface area contributed by atoms with Crippen LogP contribution in [0.1, 0.15) is 30.6 Å². The predicted octanol–water partition coefficient (Wildman–Crippen LogP) is 2.61. The Labute approximate surface area is 175 Å². The monoisotopic (exact) mass is 431 g/mol. The quantitative estimate of drug-likeness (QED) is 0.415. The van der Waals surface area contributed by atoms with E-state index in [1.165, 1.54) is 28.6 Å². The molecule has 0 aliphatic rings. The fourth-order valence-corrected chi connectivity index (χ4v) is 4.80. The smallest absolute Gasteiger partial charge is 0.338 e. The Hall–Kier alpha value is -2.91. The Kier molecular flexibility index (Phi) is 6.73. The summed E-state index contributed by atoms with van der Waals surface area (Å²) in [6.45, 7) is 4.72. The van der Waals surface area contributed by atoms with Crippen LogP contribution in [0, 0.1) is 0 Å². The Morgan fingerprint density at radius 2 is 1.83 bits per heavy atom. The summed E-state index contributed by atoms with van der Waals surface area (Å²) < 4.78 is 33.5. The highest BCUT2D eigenvalue weighted by molar-refractivity contribution is 7.89. The molecule has 0 atom stereocenters. The lowest BCUT2D eigenvalue weighted by molar-refractivity contribution is 0.0496. The number of ether oxygens (including phenoxy) is 1. The first kappa shape index (κ1) is 21.8. The van der Waals surface area contributed by atoms with Crippen molar-refractivity contribution in [2.75, 3.05) is 19.7 Å². The van der Waals surface area contributed by atoms with Gasteiger partial charge in [-0.05, 0) is 36.8 Å². The second-order valence-electron chi connectivity index (χ2n) is 6.71. The summed E-state index contributed by atoms with van der Waals surface area (Å²) in [6, 6.07) is 13.2. The topological polar surface area (TPSA) is 101 Å². The minimum Gasteiger partial charge on any atom is -0.462 e. The van der Waals surface area contributed by atoms with Crippen LogP contribution in [0.15, 0.2) is 58.2 Å². The molecule has 0 spiro atoms. The second-order valence-corrected chi connectivity index (χ2v) is 8.64. The molecule has 3 aromatic rings. The number of carbonyl (C=O) groups excluding carboxylic acids is 1. The third-order valence-corrected chi connectivity index (χ3v) is 6.90. The molecule has 2 aromatic carbocycles. The van der Waals surface area contributed by atoms with Gasteiger partial charge >= 0.3 is 11.7 Å². The van der Waals surface area contributed by atoms with E-state index in [0.717, 1.165) is 11.0 Å². The predicted molar refractivity (Wildman–Crippen MR) is 114 cm³/mol. The molecule has 1 N–H and O–H groups in total. The summed E-state index contributed by atoms with van der Waals surface area (Å²) in [5.41, 5.74) is 1.51. The van der Waals surface area contributed by atoms with Crippen molar-refractivity contribution in [1.82, 2.24) is 13.9 Å². The number of benzene rings is 2. The van der Waals surface area contributed by atoms with E-state index < -0.39 is 16.0 Å². The average molecular weight is 432 g/mol. The molecule has 160 valence electrons. The molecule has 0 aliphatic heterocycles. The number of esters is 1. The van der Waals surface area contributed by atoms with Gasteiger partial charge < -0.3 is 9.72 Å². The van der Waals surface area contributed by atoms with E-state index in [-0.39, 0.29) is 22.8 Å². The van der Waals surface area contributed by atoms with Crippen molar-refractivity contribution in [2.45, 2.75) is 31.7 Å². The summed E-state index contributed by atoms with van der Waals surface area (Å²) in [6.07, 6.45) is 0.449. The van der Waals surface area contributed by atoms with Gasteiger partial charge in [0.05, 0.1) is 28.1 Å². The zero-order valence-electron chi connectivity index (χ0n) is 17.0. The van der Waals surface area contributed by atoms with Crippen LogP contribution in [0.3, 0.4) is 0 Å². The summed E-state index contributed by atoms with van der Waals surface area (Å²) in [7, 11) is -3.65. The van der Waals surface area contributed by atoms with E-state index in [9.17, 15) is 18.0 Å². The summed E-state index contributed by atoms with van der Waals surface area (Å²) in [5, 5.41) is 0. The van der Waals surface area contributed by atoms with Crippen molar-refractivity contribution in [3.8, 4) is 0 Å². The van der Waals surface area contributed by atoms with E-state index in [4.69, 9.17) is 4.74 Å². The lowest BCUT2D eigenvalue weighted by Crippen LogP contribution is -2.30. The molecule has 1 heterocycles. The summed E-state index contributed by atoms with van der Waals surface area (Å²) >= 11 is 0. The zero-order valence-corrected chi connectivity index (χ0v) is 17.8. The molecular weight excluding hydrogens is 406 g/mol. The van der Waals surface area contributed by atoms with Crippen LogP contribution in [0.25, 0.3) is 11.0 Å². The van der Waals surface area contributed by atoms with Crippen molar-refractivity contribution < 1.29 is 17.9 Å². The van der Waals surface area contributed by atoms with Gasteiger partial charge in [0, 0.05) is 19.6 Å². The number of fused-ring (bicyclic) bond motifs is 1. The Bertz CT molecular complexity index is 1190. The first-order valence-corrected chi connectivity index (χ1v) is 11.3. The Balaban J connectivity index is 1.63. The highest BCUT2D eigenvalue weighted by Gasteiger charge is 2.22. The molecule has 0 fully saturated rings. The van der Waals surface area contributed by atoms with Crippen LogP contribution in [-0.2, 0) is 21.3 Å². The number of aromatic nitrogens is 2. The maximum absolute atomic E-state index is 12.6. The minimum atomic E-state index is -3.65. The number of aromatic amines is 1. The first-order valence-electron chi connectivity index (χ1n) is 9.83. The zero-order chi connectivity index (χ0) is 21.7. The lowest BCUT2D eigenvalue weighted by Gasteiger charge is -2.18. The van der Waals surface area contributed by atoms with Gasteiger partial charge in [-0.1, -0.05) is 32.0 Å². The van der Waals surface area contributed by atoms with Crippen molar-refractivity contribution in [1.29, 1.82) is 0 Å². The normalized spacial score (nSPS) is 11.8. The van der Waals surface area contributed by atoms with Crippen molar-refractivity contribution in [3.05, 3.63) is 64.6 Å². The number of para-hydroxylation sites is 2. The number of nitrogens with one attached hydrogen (secondary N) is 1. The maximum Gasteiger partial charge on any atom is 0.338 e. The van der Waals surface area contributed by atoms with Gasteiger partial charge in [-0.3, -0.25) is 4.57 Å². The third-order valence-electron chi connectivity index (χ3n) is 4.85. The van der Waals surface area contributed by atoms with E-state index in [2.05, 4.69) is 4.98 Å². The molecule has 0 amide bonds. The summed E-state index contributed by atoms with van der Waals surface area (Å²) in [4.78, 5) is 27.3. The van der Waals surface area contributed by atoms with Gasteiger partial charge in [-0.2, -0.15) is 4.31 Å². The van der Waals surface area contributed by atoms with Crippen LogP contribution >= 0.6 is 0 Å². The standard InChI is InChI=1S/C21H25N3O5S/c1-3-23(4-2)30(27,28)17-10-7-9-16(15-17)20(25)29-14-8-13-24-19-12-6-5-11-18(19)22-21(24)26/h5-7,9-12,15H,3-4,8,13-14H2,1-2H3,(H,22,26). The van der Waals surface area contributed by atoms with E-state index in [1.807, 2.05) is 24.3 Å². The number of nitrogens with zero attached hydrogens (tertiary/aromatic N) is 2. The van der Waals surface area contributed by atoms with Crippen LogP contribution in [0.2, 0.25) is 0 Å². The van der Waals surface area contributed by atoms with Crippen molar-refractivity contribution >= 4 is 27.0 Å². The fraction of sp³-hybridized carbons (Fsp3) is 0.333. The molecule has 3 rings (SSSR count). The first-order chi connectivity index (χ1) is 14.4. The molecule has 0 saturated heterocycles. The Morgan fingerprint density at radius 3 is 2.57 bits per heavy atom. The van der Waals surface area contributed by atoms with Crippen LogP contribution < -0.4 is 5.69 Å². The molecule has 0 radical (unpaired) electrons. The SMILES string of the molecule is CCN(CC)S(=O)(=O)c1cccc(C(=O)OCCCn2c(=O)[nH]c3ccccc32)c1. The molecule has 0 bridgehead atoms. The van der Waals surface area contributed by atoms with Crippen molar-refractivity contribution in [2.24, 2.45) is 0 Å². The van der Waals surface area contributed by atoms with Crippen LogP contribution in [0.4, 0.5) is 0 Å². The number of rotatable bonds is 9. The lowest BCUT2D eigenvalue weighted by atomic mass is 10.2. The maximum atomic E-state index is 12.6. The highest BCUT2D eigenvalue weighted by Crippen LogP contribution is 2.17. The molecule has 1 aromatic heterocycles. The van der Waals surface area contributed by atoms with Gasteiger partial charge in [0.15, 0.2) is 0 Å². The minimum absolute atomic E-state index is 0.0611. The van der Waals surface area contributed by atoms with E-state index in [1.54, 1.807) is 18.4 Å². The number of sulfonamides is 1. The molecular formula is C21H25N3O5S. The number of hydrogen-bond donors (Lipinski definition) is 1. The number of H-pyrrole nitrogens is 1. The van der Waals surface area contributed by atoms with Crippen LogP contribution in [0.5, 0.6) is 0 Å². The molecule has 0 saturated carbocycles. The number of hydrogen-bond acceptors (Lipinski definition) is 5. The average Bonchev–Trinajstić information content (AvgIpc) is 3.07. The van der Waals surface area contributed by atoms with Crippen molar-refractivity contribution in [3.63, 3.8) is 0 Å². The van der Waals surface area contributed by atoms with Crippen LogP contribution in [-0.4, -0.2) is 47.9 Å². The molecule has 0 aliphatic carbocycles. The van der Waals surface area contributed by atoms with E-state index in [0.29, 0.717) is 26.1 Å². The number of imidazole rings is 1. The van der Waals surface area contributed by atoms with E-state index >= 15 is 0 Å². The molecule has 0 unspecified atom stereocenters. The molecule has 9 heteroatoms. The molecule has 8 nitrogen and oxygen atoms in total. The molecule has 30 heavy (non-hydrogen) atoms. The highest BCUT2D eigenvalue weighted by atomic mass is 32.2. The summed E-state index contributed by atoms with van der Waals surface area (Å²) in [5.74, 6) is -0.599. The van der Waals surface area contributed by atoms with Gasteiger partial charge in [-0.15, -0.1) is 0 Å². The number of carbonyl (C=O) groups is 1. The fourth-order valence-electron chi connectivity index (χ4n) is 3.30. The Morgan fingerprint density at radius 1 is 1.10 bits per heavy atom.